The number of amides is 1. The van der Waals surface area contributed by atoms with Gasteiger partial charge in [0.1, 0.15) is 5.75 Å². The van der Waals surface area contributed by atoms with E-state index in [0.29, 0.717) is 17.9 Å². The van der Waals surface area contributed by atoms with Gasteiger partial charge in [-0.25, -0.2) is 0 Å². The van der Waals surface area contributed by atoms with Crippen LogP contribution in [0.25, 0.3) is 0 Å². The third kappa shape index (κ3) is 3.67. The first-order valence-electron chi connectivity index (χ1n) is 6.59. The van der Waals surface area contributed by atoms with Gasteiger partial charge in [0.05, 0.1) is 25.5 Å². The average molecular weight is 266 g/mol. The number of methoxy groups -OCH3 is 1. The molecule has 0 aromatic carbocycles. The maximum Gasteiger partial charge on any atom is 0.258 e. The lowest BCUT2D eigenvalue weighted by Gasteiger charge is -2.30. The van der Waals surface area contributed by atoms with E-state index >= 15 is 0 Å². The SMILES string of the molecule is CCC(CC)N(CCO)C(=O)c1ccncc1OC. The Bertz CT molecular complexity index is 405. The van der Waals surface area contributed by atoms with Gasteiger partial charge in [0.15, 0.2) is 0 Å². The number of aromatic nitrogens is 1. The highest BCUT2D eigenvalue weighted by Crippen LogP contribution is 2.20. The van der Waals surface area contributed by atoms with E-state index in [2.05, 4.69) is 4.98 Å². The van der Waals surface area contributed by atoms with Crippen molar-refractivity contribution in [1.82, 2.24) is 9.88 Å². The molecule has 1 aromatic rings. The number of aliphatic hydroxyl groups is 1. The molecule has 1 heterocycles. The minimum atomic E-state index is -0.123. The predicted molar refractivity (Wildman–Crippen MR) is 73.3 cm³/mol. The maximum atomic E-state index is 12.6. The van der Waals surface area contributed by atoms with Crippen LogP contribution in [0.4, 0.5) is 0 Å². The molecule has 0 saturated carbocycles. The van der Waals surface area contributed by atoms with Crippen molar-refractivity contribution in [2.75, 3.05) is 20.3 Å². The van der Waals surface area contributed by atoms with E-state index in [1.807, 2.05) is 13.8 Å². The second-order valence-corrected chi connectivity index (χ2v) is 4.27. The predicted octanol–water partition coefficient (Wildman–Crippen LogP) is 1.71. The normalized spacial score (nSPS) is 10.6. The molecule has 0 spiro atoms. The highest BCUT2D eigenvalue weighted by Gasteiger charge is 2.24. The molecule has 5 heteroatoms. The van der Waals surface area contributed by atoms with Crippen LogP contribution < -0.4 is 4.74 Å². The smallest absolute Gasteiger partial charge is 0.258 e. The highest BCUT2D eigenvalue weighted by molar-refractivity contribution is 5.97. The fourth-order valence-corrected chi connectivity index (χ4v) is 2.16. The molecule has 1 N–H and O–H groups in total. The molecule has 0 atom stereocenters. The summed E-state index contributed by atoms with van der Waals surface area (Å²) in [6, 6.07) is 1.77. The lowest BCUT2D eigenvalue weighted by molar-refractivity contribution is 0.0619. The molecule has 0 aliphatic heterocycles. The summed E-state index contributed by atoms with van der Waals surface area (Å²) in [7, 11) is 1.52. The fraction of sp³-hybridized carbons (Fsp3) is 0.571. The van der Waals surface area contributed by atoms with Gasteiger partial charge in [-0.15, -0.1) is 0 Å². The number of pyridine rings is 1. The molecule has 1 rings (SSSR count). The van der Waals surface area contributed by atoms with Crippen molar-refractivity contribution in [1.29, 1.82) is 0 Å². The maximum absolute atomic E-state index is 12.6. The highest BCUT2D eigenvalue weighted by atomic mass is 16.5. The molecule has 0 unspecified atom stereocenters. The Balaban J connectivity index is 3.04. The Morgan fingerprint density at radius 3 is 2.68 bits per heavy atom. The zero-order valence-electron chi connectivity index (χ0n) is 11.8. The van der Waals surface area contributed by atoms with Crippen molar-refractivity contribution in [3.8, 4) is 5.75 Å². The first-order valence-corrected chi connectivity index (χ1v) is 6.59. The molecular weight excluding hydrogens is 244 g/mol. The molecule has 19 heavy (non-hydrogen) atoms. The van der Waals surface area contributed by atoms with Gasteiger partial charge in [-0.05, 0) is 18.9 Å². The van der Waals surface area contributed by atoms with Crippen LogP contribution >= 0.6 is 0 Å². The summed E-state index contributed by atoms with van der Waals surface area (Å²) in [4.78, 5) is 18.2. The van der Waals surface area contributed by atoms with Crippen molar-refractivity contribution < 1.29 is 14.6 Å². The first kappa shape index (κ1) is 15.4. The zero-order chi connectivity index (χ0) is 14.3. The molecule has 0 radical (unpaired) electrons. The van der Waals surface area contributed by atoms with Crippen LogP contribution in [0.3, 0.4) is 0 Å². The molecule has 0 aliphatic rings. The first-order chi connectivity index (χ1) is 9.19. The van der Waals surface area contributed by atoms with Crippen molar-refractivity contribution in [2.45, 2.75) is 32.7 Å². The fourth-order valence-electron chi connectivity index (χ4n) is 2.16. The summed E-state index contributed by atoms with van der Waals surface area (Å²) in [5, 5.41) is 9.16. The summed E-state index contributed by atoms with van der Waals surface area (Å²) in [5.41, 5.74) is 0.484. The molecule has 0 saturated heterocycles. The number of hydrogen-bond donors (Lipinski definition) is 1. The van der Waals surface area contributed by atoms with Gasteiger partial charge in [-0.2, -0.15) is 0 Å². The second-order valence-electron chi connectivity index (χ2n) is 4.27. The molecule has 1 aromatic heterocycles. The summed E-state index contributed by atoms with van der Waals surface area (Å²) < 4.78 is 5.17. The largest absolute Gasteiger partial charge is 0.494 e. The Labute approximate surface area is 114 Å². The molecule has 5 nitrogen and oxygen atoms in total. The molecule has 1 amide bonds. The van der Waals surface area contributed by atoms with Crippen molar-refractivity contribution in [3.05, 3.63) is 24.0 Å². The van der Waals surface area contributed by atoms with E-state index in [1.165, 1.54) is 13.3 Å². The molecule has 0 fully saturated rings. The lowest BCUT2D eigenvalue weighted by Crippen LogP contribution is -2.41. The summed E-state index contributed by atoms with van der Waals surface area (Å²) in [5.74, 6) is 0.336. The number of nitrogens with zero attached hydrogens (tertiary/aromatic N) is 2. The minimum absolute atomic E-state index is 0.0460. The van der Waals surface area contributed by atoms with Gasteiger partial charge >= 0.3 is 0 Å². The number of carbonyl (C=O) groups excluding carboxylic acids is 1. The summed E-state index contributed by atoms with van der Waals surface area (Å²) in [6.45, 7) is 4.36. The number of aliphatic hydroxyl groups excluding tert-OH is 1. The summed E-state index contributed by atoms with van der Waals surface area (Å²) in [6.07, 6.45) is 4.81. The molecule has 106 valence electrons. The van der Waals surface area contributed by atoms with Crippen LogP contribution in [0.5, 0.6) is 5.75 Å². The standard InChI is InChI=1S/C14H22N2O3/c1-4-11(5-2)16(8-9-17)14(18)12-6-7-15-10-13(12)19-3/h6-7,10-11,17H,4-5,8-9H2,1-3H3. The van der Waals surface area contributed by atoms with E-state index in [1.54, 1.807) is 17.2 Å². The van der Waals surface area contributed by atoms with E-state index in [4.69, 9.17) is 9.84 Å². The third-order valence-electron chi connectivity index (χ3n) is 3.22. The van der Waals surface area contributed by atoms with E-state index in [0.717, 1.165) is 12.8 Å². The van der Waals surface area contributed by atoms with E-state index in [-0.39, 0.29) is 18.6 Å². The number of carbonyl (C=O) groups is 1. The topological polar surface area (TPSA) is 62.7 Å². The van der Waals surface area contributed by atoms with Crippen LogP contribution in [0.1, 0.15) is 37.0 Å². The van der Waals surface area contributed by atoms with Crippen LogP contribution in [-0.4, -0.2) is 47.2 Å². The third-order valence-corrected chi connectivity index (χ3v) is 3.22. The second kappa shape index (κ2) is 7.74. The van der Waals surface area contributed by atoms with Gasteiger partial charge < -0.3 is 14.7 Å². The summed E-state index contributed by atoms with van der Waals surface area (Å²) >= 11 is 0. The van der Waals surface area contributed by atoms with Gasteiger partial charge in [-0.3, -0.25) is 9.78 Å². The van der Waals surface area contributed by atoms with Crippen molar-refractivity contribution in [2.24, 2.45) is 0 Å². The Morgan fingerprint density at radius 1 is 1.47 bits per heavy atom. The van der Waals surface area contributed by atoms with Crippen LogP contribution in [-0.2, 0) is 0 Å². The van der Waals surface area contributed by atoms with Gasteiger partial charge in [0.25, 0.3) is 5.91 Å². The van der Waals surface area contributed by atoms with Gasteiger partial charge in [-0.1, -0.05) is 13.8 Å². The average Bonchev–Trinajstić information content (AvgIpc) is 2.46. The molecule has 0 bridgehead atoms. The number of hydrogen-bond acceptors (Lipinski definition) is 4. The van der Waals surface area contributed by atoms with Crippen molar-refractivity contribution in [3.63, 3.8) is 0 Å². The molecular formula is C14H22N2O3. The zero-order valence-corrected chi connectivity index (χ0v) is 11.8. The number of rotatable bonds is 7. The minimum Gasteiger partial charge on any atom is -0.494 e. The van der Waals surface area contributed by atoms with Crippen LogP contribution in [0.15, 0.2) is 18.5 Å². The van der Waals surface area contributed by atoms with Crippen LogP contribution in [0.2, 0.25) is 0 Å². The van der Waals surface area contributed by atoms with E-state index < -0.39 is 0 Å². The van der Waals surface area contributed by atoms with Crippen LogP contribution in [0, 0.1) is 0 Å². The Hall–Kier alpha value is -1.62. The monoisotopic (exact) mass is 266 g/mol. The molecule has 0 aliphatic carbocycles. The number of ether oxygens (including phenoxy) is 1. The van der Waals surface area contributed by atoms with Crippen molar-refractivity contribution >= 4 is 5.91 Å². The Kier molecular flexibility index (Phi) is 6.29. The Morgan fingerprint density at radius 2 is 2.16 bits per heavy atom. The van der Waals surface area contributed by atoms with Gasteiger partial charge in [0, 0.05) is 18.8 Å². The quantitative estimate of drug-likeness (QED) is 0.816. The lowest BCUT2D eigenvalue weighted by atomic mass is 10.1. The van der Waals surface area contributed by atoms with E-state index in [9.17, 15) is 4.79 Å². The van der Waals surface area contributed by atoms with Gasteiger partial charge in [0.2, 0.25) is 0 Å².